The van der Waals surface area contributed by atoms with Crippen molar-refractivity contribution in [1.82, 2.24) is 5.48 Å². The lowest BCUT2D eigenvalue weighted by atomic mass is 9.97. The van der Waals surface area contributed by atoms with E-state index in [9.17, 15) is 44.7 Å². The molecule has 0 bridgehead atoms. The SMILES string of the molecule is N#CC(C(=O)NOc1cccc(C(F)(F)F)c1)C(=O)c1c(F)c(F)c(F)c(F)c1F. The molecule has 0 aromatic heterocycles. The Balaban J connectivity index is 2.26. The summed E-state index contributed by atoms with van der Waals surface area (Å²) < 4.78 is 105. The Kier molecular flexibility index (Phi) is 6.29. The highest BCUT2D eigenvalue weighted by atomic mass is 19.4. The Bertz CT molecular complexity index is 1030. The number of nitrogens with zero attached hydrogens (tertiary/aromatic N) is 1. The maximum Gasteiger partial charge on any atom is 0.416 e. The van der Waals surface area contributed by atoms with Crippen LogP contribution in [0.15, 0.2) is 24.3 Å². The molecule has 158 valence electrons. The molecule has 0 saturated heterocycles. The van der Waals surface area contributed by atoms with Gasteiger partial charge in [0.15, 0.2) is 40.7 Å². The fraction of sp³-hybridized carbons (Fsp3) is 0.118. The Morgan fingerprint density at radius 1 is 0.967 bits per heavy atom. The van der Waals surface area contributed by atoms with Gasteiger partial charge in [-0.05, 0) is 18.2 Å². The van der Waals surface area contributed by atoms with E-state index in [4.69, 9.17) is 5.26 Å². The summed E-state index contributed by atoms with van der Waals surface area (Å²) >= 11 is 0. The summed E-state index contributed by atoms with van der Waals surface area (Å²) in [6.07, 6.45) is -4.76. The zero-order valence-corrected chi connectivity index (χ0v) is 14.1. The first kappa shape index (κ1) is 22.6. The number of ketones is 1. The second-order valence-corrected chi connectivity index (χ2v) is 5.47. The van der Waals surface area contributed by atoms with Crippen molar-refractivity contribution in [2.24, 2.45) is 5.92 Å². The number of Topliss-reactive ketones (excluding diaryl/α,β-unsaturated/α-hetero) is 1. The Morgan fingerprint density at radius 2 is 1.50 bits per heavy atom. The second kappa shape index (κ2) is 8.36. The predicted molar refractivity (Wildman–Crippen MR) is 79.9 cm³/mol. The van der Waals surface area contributed by atoms with Gasteiger partial charge in [0.2, 0.25) is 5.82 Å². The molecule has 0 spiro atoms. The number of halogens is 8. The summed E-state index contributed by atoms with van der Waals surface area (Å²) in [5.74, 6) is -19.7. The maximum absolute atomic E-state index is 13.7. The first-order chi connectivity index (χ1) is 13.9. The van der Waals surface area contributed by atoms with Crippen LogP contribution in [0.1, 0.15) is 15.9 Å². The summed E-state index contributed by atoms with van der Waals surface area (Å²) in [6.45, 7) is 0. The lowest BCUT2D eigenvalue weighted by molar-refractivity contribution is -0.137. The van der Waals surface area contributed by atoms with Gasteiger partial charge in [-0.2, -0.15) is 23.9 Å². The molecule has 0 radical (unpaired) electrons. The molecule has 0 aliphatic carbocycles. The number of hydroxylamine groups is 1. The zero-order valence-electron chi connectivity index (χ0n) is 14.1. The van der Waals surface area contributed by atoms with E-state index in [1.54, 1.807) is 0 Å². The van der Waals surface area contributed by atoms with Crippen molar-refractivity contribution >= 4 is 11.7 Å². The zero-order chi connectivity index (χ0) is 22.8. The third kappa shape index (κ3) is 4.32. The van der Waals surface area contributed by atoms with Crippen molar-refractivity contribution in [2.75, 3.05) is 0 Å². The molecule has 1 amide bonds. The van der Waals surface area contributed by atoms with E-state index in [2.05, 4.69) is 4.84 Å². The molecule has 0 fully saturated rings. The number of carbonyl (C=O) groups excluding carboxylic acids is 2. The quantitative estimate of drug-likeness (QED) is 0.192. The van der Waals surface area contributed by atoms with E-state index < -0.39 is 69.7 Å². The van der Waals surface area contributed by atoms with Gasteiger partial charge in [-0.3, -0.25) is 9.59 Å². The minimum atomic E-state index is -4.76. The molecule has 0 saturated carbocycles. The van der Waals surface area contributed by atoms with Crippen LogP contribution in [0.4, 0.5) is 35.1 Å². The molecule has 0 aliphatic heterocycles. The number of benzene rings is 2. The van der Waals surface area contributed by atoms with Crippen molar-refractivity contribution in [1.29, 1.82) is 5.26 Å². The topological polar surface area (TPSA) is 79.2 Å². The van der Waals surface area contributed by atoms with E-state index in [0.29, 0.717) is 12.1 Å². The number of nitrogens with one attached hydrogen (secondary N) is 1. The molecule has 0 heterocycles. The van der Waals surface area contributed by atoms with Crippen LogP contribution in [-0.2, 0) is 11.0 Å². The maximum atomic E-state index is 13.7. The number of carbonyl (C=O) groups is 2. The van der Waals surface area contributed by atoms with Crippen LogP contribution < -0.4 is 10.3 Å². The van der Waals surface area contributed by atoms with Gasteiger partial charge in [-0.1, -0.05) is 6.07 Å². The van der Waals surface area contributed by atoms with Gasteiger partial charge in [0, 0.05) is 0 Å². The van der Waals surface area contributed by atoms with E-state index in [-0.39, 0.29) is 0 Å². The fourth-order valence-electron chi connectivity index (χ4n) is 2.11. The number of amides is 1. The van der Waals surface area contributed by atoms with Gasteiger partial charge in [0.1, 0.15) is 0 Å². The monoisotopic (exact) mass is 438 g/mol. The predicted octanol–water partition coefficient (Wildman–Crippen LogP) is 3.83. The van der Waals surface area contributed by atoms with Gasteiger partial charge < -0.3 is 4.84 Å². The summed E-state index contributed by atoms with van der Waals surface area (Å²) in [6, 6.07) is 3.93. The van der Waals surface area contributed by atoms with Crippen LogP contribution >= 0.6 is 0 Å². The molecule has 5 nitrogen and oxygen atoms in total. The normalized spacial score (nSPS) is 12.1. The number of nitriles is 1. The van der Waals surface area contributed by atoms with E-state index >= 15 is 0 Å². The Hall–Kier alpha value is -3.69. The Labute approximate surface area is 161 Å². The molecule has 0 aliphatic rings. The van der Waals surface area contributed by atoms with Crippen LogP contribution in [0.3, 0.4) is 0 Å². The van der Waals surface area contributed by atoms with E-state index in [1.165, 1.54) is 5.48 Å². The molecule has 2 rings (SSSR count). The number of hydrogen-bond donors (Lipinski definition) is 1. The largest absolute Gasteiger partial charge is 0.416 e. The number of rotatable bonds is 5. The van der Waals surface area contributed by atoms with Crippen LogP contribution in [0.2, 0.25) is 0 Å². The lowest BCUT2D eigenvalue weighted by Gasteiger charge is -2.13. The van der Waals surface area contributed by atoms with Gasteiger partial charge >= 0.3 is 6.18 Å². The van der Waals surface area contributed by atoms with Crippen LogP contribution in [0.25, 0.3) is 0 Å². The van der Waals surface area contributed by atoms with Crippen LogP contribution in [0, 0.1) is 46.3 Å². The molecule has 1 atom stereocenters. The summed E-state index contributed by atoms with van der Waals surface area (Å²) in [7, 11) is 0. The first-order valence-corrected chi connectivity index (χ1v) is 7.49. The lowest BCUT2D eigenvalue weighted by Crippen LogP contribution is -2.37. The molecule has 2 aromatic rings. The minimum Gasteiger partial charge on any atom is -0.379 e. The third-order valence-electron chi connectivity index (χ3n) is 3.54. The smallest absolute Gasteiger partial charge is 0.379 e. The molecule has 1 N–H and O–H groups in total. The summed E-state index contributed by atoms with van der Waals surface area (Å²) in [5, 5.41) is 8.91. The molecule has 2 aromatic carbocycles. The highest BCUT2D eigenvalue weighted by Gasteiger charge is 2.37. The van der Waals surface area contributed by atoms with Gasteiger partial charge in [0.05, 0.1) is 17.2 Å². The van der Waals surface area contributed by atoms with Gasteiger partial charge in [-0.25, -0.2) is 22.0 Å². The third-order valence-corrected chi connectivity index (χ3v) is 3.54. The number of hydrogen-bond acceptors (Lipinski definition) is 4. The molecule has 13 heteroatoms. The number of alkyl halides is 3. The van der Waals surface area contributed by atoms with Crippen molar-refractivity contribution in [3.05, 3.63) is 64.5 Å². The van der Waals surface area contributed by atoms with Gasteiger partial charge in [-0.15, -0.1) is 0 Å². The van der Waals surface area contributed by atoms with Gasteiger partial charge in [0.25, 0.3) is 5.91 Å². The standard InChI is InChI=1S/C17H6F8N2O3/c18-10-9(11(19)13(21)14(22)12(10)20)15(28)8(5-26)16(29)27-30-7-3-1-2-6(4-7)17(23,24)25/h1-4,8H,(H,27,29). The van der Waals surface area contributed by atoms with Crippen molar-refractivity contribution in [2.45, 2.75) is 6.18 Å². The van der Waals surface area contributed by atoms with E-state index in [1.807, 2.05) is 0 Å². The summed E-state index contributed by atoms with van der Waals surface area (Å²) in [4.78, 5) is 28.4. The first-order valence-electron chi connectivity index (χ1n) is 7.49. The van der Waals surface area contributed by atoms with Crippen molar-refractivity contribution in [3.8, 4) is 11.8 Å². The highest BCUT2D eigenvalue weighted by Crippen LogP contribution is 2.31. The van der Waals surface area contributed by atoms with Crippen LogP contribution in [-0.4, -0.2) is 11.7 Å². The molecular formula is C17H6F8N2O3. The van der Waals surface area contributed by atoms with Crippen molar-refractivity contribution in [3.63, 3.8) is 0 Å². The minimum absolute atomic E-state index is 0.438. The van der Waals surface area contributed by atoms with Crippen LogP contribution in [0.5, 0.6) is 5.75 Å². The highest BCUT2D eigenvalue weighted by molar-refractivity contribution is 6.12. The average molecular weight is 438 g/mol. The van der Waals surface area contributed by atoms with Crippen molar-refractivity contribution < 1.29 is 49.5 Å². The second-order valence-electron chi connectivity index (χ2n) is 5.47. The van der Waals surface area contributed by atoms with E-state index in [0.717, 1.165) is 18.2 Å². The summed E-state index contributed by atoms with van der Waals surface area (Å²) in [5.41, 5.74) is -1.81. The molecular weight excluding hydrogens is 432 g/mol. The molecule has 1 unspecified atom stereocenters. The average Bonchev–Trinajstić information content (AvgIpc) is 2.69. The fourth-order valence-corrected chi connectivity index (χ4v) is 2.11. The Morgan fingerprint density at radius 3 is 2.00 bits per heavy atom. The molecule has 30 heavy (non-hydrogen) atoms.